The molecule has 0 radical (unpaired) electrons. The van der Waals surface area contributed by atoms with Crippen LogP contribution in [-0.4, -0.2) is 11.9 Å². The lowest BCUT2D eigenvalue weighted by Crippen LogP contribution is -2.05. The van der Waals surface area contributed by atoms with E-state index in [1.807, 2.05) is 54.6 Å². The van der Waals surface area contributed by atoms with Gasteiger partial charge in [0.1, 0.15) is 12.4 Å². The Kier molecular flexibility index (Phi) is 8.33. The van der Waals surface area contributed by atoms with Crippen LogP contribution in [0.2, 0.25) is 0 Å². The molecule has 1 aliphatic heterocycles. The fourth-order valence-electron chi connectivity index (χ4n) is 2.90. The zero-order valence-corrected chi connectivity index (χ0v) is 25.7. The Balaban J connectivity index is 1.56. The molecule has 1 aliphatic rings. The van der Waals surface area contributed by atoms with E-state index < -0.39 is 5.97 Å². The minimum Gasteiger partial charge on any atom is -0.487 e. The maximum atomic E-state index is 12.4. The van der Waals surface area contributed by atoms with E-state index >= 15 is 0 Å². The first-order chi connectivity index (χ1) is 15.3. The van der Waals surface area contributed by atoms with Crippen molar-refractivity contribution in [3.05, 3.63) is 96.6 Å². The van der Waals surface area contributed by atoms with Crippen LogP contribution in [0.25, 0.3) is 6.08 Å². The molecular formula is C23H12Br2I3NO3. The van der Waals surface area contributed by atoms with E-state index in [-0.39, 0.29) is 5.70 Å². The van der Waals surface area contributed by atoms with Gasteiger partial charge in [0.25, 0.3) is 0 Å². The summed E-state index contributed by atoms with van der Waals surface area (Å²) in [6.45, 7) is 0.470. The van der Waals surface area contributed by atoms with Crippen molar-refractivity contribution in [2.24, 2.45) is 4.99 Å². The van der Waals surface area contributed by atoms with Crippen LogP contribution in [0, 0.1) is 10.7 Å². The van der Waals surface area contributed by atoms with Gasteiger partial charge in [-0.1, -0.05) is 28.1 Å². The van der Waals surface area contributed by atoms with Crippen LogP contribution < -0.4 is 4.74 Å². The molecule has 32 heavy (non-hydrogen) atoms. The topological polar surface area (TPSA) is 47.9 Å². The zero-order valence-electron chi connectivity index (χ0n) is 16.0. The smallest absolute Gasteiger partial charge is 0.363 e. The molecule has 3 aromatic rings. The molecule has 0 unspecified atom stereocenters. The van der Waals surface area contributed by atoms with Gasteiger partial charge < -0.3 is 9.47 Å². The van der Waals surface area contributed by atoms with Gasteiger partial charge in [-0.05, 0) is 143 Å². The Bertz CT molecular complexity index is 1270. The number of hydrogen-bond acceptors (Lipinski definition) is 4. The second kappa shape index (κ2) is 10.8. The summed E-state index contributed by atoms with van der Waals surface area (Å²) in [5.74, 6) is 0.654. The summed E-state index contributed by atoms with van der Waals surface area (Å²) in [7, 11) is 0. The highest BCUT2D eigenvalue weighted by molar-refractivity contribution is 14.1. The van der Waals surface area contributed by atoms with Gasteiger partial charge in [-0.25, -0.2) is 9.79 Å². The van der Waals surface area contributed by atoms with Crippen molar-refractivity contribution in [1.29, 1.82) is 0 Å². The van der Waals surface area contributed by atoms with E-state index in [0.29, 0.717) is 12.5 Å². The quantitative estimate of drug-likeness (QED) is 0.149. The van der Waals surface area contributed by atoms with Crippen molar-refractivity contribution in [3.8, 4) is 5.75 Å². The Labute approximate surface area is 242 Å². The molecule has 162 valence electrons. The van der Waals surface area contributed by atoms with E-state index in [4.69, 9.17) is 9.47 Å². The molecule has 0 bridgehead atoms. The van der Waals surface area contributed by atoms with Gasteiger partial charge in [0, 0.05) is 18.1 Å². The standard InChI is InChI=1S/C23H12Br2I3NO3/c24-15-3-1-2-12(6-15)11-31-21-18(27)7-13(8-19(21)28)9-20-23(30)32-22(29-20)14-4-5-17(26)16(25)10-14/h1-10H,11H2/b20-9-. The highest BCUT2D eigenvalue weighted by atomic mass is 127. The lowest BCUT2D eigenvalue weighted by atomic mass is 10.2. The van der Waals surface area contributed by atoms with E-state index in [1.54, 1.807) is 6.08 Å². The molecule has 3 aromatic carbocycles. The zero-order chi connectivity index (χ0) is 22.8. The molecule has 0 spiro atoms. The van der Waals surface area contributed by atoms with Crippen molar-refractivity contribution in [1.82, 2.24) is 0 Å². The van der Waals surface area contributed by atoms with Crippen LogP contribution in [-0.2, 0) is 16.1 Å². The van der Waals surface area contributed by atoms with Crippen molar-refractivity contribution >= 4 is 118 Å². The normalized spacial score (nSPS) is 14.5. The highest BCUT2D eigenvalue weighted by Crippen LogP contribution is 2.31. The number of halogens is 5. The summed E-state index contributed by atoms with van der Waals surface area (Å²) in [5, 5.41) is 0. The lowest BCUT2D eigenvalue weighted by molar-refractivity contribution is -0.129. The summed E-state index contributed by atoms with van der Waals surface area (Å²) < 4.78 is 16.4. The minimum atomic E-state index is -0.463. The number of rotatable bonds is 5. The van der Waals surface area contributed by atoms with Gasteiger partial charge in [-0.2, -0.15) is 0 Å². The summed E-state index contributed by atoms with van der Waals surface area (Å²) in [5.41, 5.74) is 2.95. The average molecular weight is 891 g/mol. The van der Waals surface area contributed by atoms with Gasteiger partial charge in [-0.3, -0.25) is 0 Å². The largest absolute Gasteiger partial charge is 0.487 e. The summed E-state index contributed by atoms with van der Waals surface area (Å²) in [4.78, 5) is 16.8. The second-order valence-electron chi connectivity index (χ2n) is 6.70. The monoisotopic (exact) mass is 889 g/mol. The molecule has 4 nitrogen and oxygen atoms in total. The number of hydrogen-bond donors (Lipinski definition) is 0. The van der Waals surface area contributed by atoms with E-state index in [9.17, 15) is 4.79 Å². The van der Waals surface area contributed by atoms with Gasteiger partial charge >= 0.3 is 5.97 Å². The summed E-state index contributed by atoms with van der Waals surface area (Å²) in [6, 6.07) is 17.7. The Morgan fingerprint density at radius 2 is 1.72 bits per heavy atom. The predicted octanol–water partition coefficient (Wildman–Crippen LogP) is 7.95. The second-order valence-corrected chi connectivity index (χ2v) is 12.0. The molecule has 0 saturated carbocycles. The van der Waals surface area contributed by atoms with Crippen molar-refractivity contribution in [3.63, 3.8) is 0 Å². The summed E-state index contributed by atoms with van der Waals surface area (Å²) >= 11 is 13.7. The third-order valence-corrected chi connectivity index (χ3v) is 8.82. The Hall–Kier alpha value is -0.510. The molecule has 0 N–H and O–H groups in total. The fraction of sp³-hybridized carbons (Fsp3) is 0.0435. The molecule has 4 rings (SSSR count). The van der Waals surface area contributed by atoms with Gasteiger partial charge in [0.15, 0.2) is 5.70 Å². The fourth-order valence-corrected chi connectivity index (χ4v) is 6.19. The SMILES string of the molecule is O=C1OC(c2ccc(I)c(Br)c2)=N/C1=C\c1cc(I)c(OCc2cccc(Br)c2)c(I)c1. The number of cyclic esters (lactones) is 1. The Morgan fingerprint density at radius 3 is 2.41 bits per heavy atom. The van der Waals surface area contributed by atoms with Crippen molar-refractivity contribution in [2.75, 3.05) is 0 Å². The number of esters is 1. The first-order valence-electron chi connectivity index (χ1n) is 9.14. The number of nitrogens with zero attached hydrogens (tertiary/aromatic N) is 1. The maximum Gasteiger partial charge on any atom is 0.363 e. The molecule has 1 heterocycles. The van der Waals surface area contributed by atoms with Gasteiger partial charge in [-0.15, -0.1) is 0 Å². The maximum absolute atomic E-state index is 12.4. The average Bonchev–Trinajstić information content (AvgIpc) is 3.10. The first-order valence-corrected chi connectivity index (χ1v) is 14.0. The van der Waals surface area contributed by atoms with Crippen LogP contribution in [0.1, 0.15) is 16.7 Å². The van der Waals surface area contributed by atoms with Crippen LogP contribution in [0.15, 0.2) is 74.2 Å². The molecule has 0 fully saturated rings. The molecule has 0 saturated heterocycles. The predicted molar refractivity (Wildman–Crippen MR) is 158 cm³/mol. The number of benzene rings is 3. The number of carbonyl (C=O) groups excluding carboxylic acids is 1. The summed E-state index contributed by atoms with van der Waals surface area (Å²) in [6.07, 6.45) is 1.74. The molecule has 0 amide bonds. The lowest BCUT2D eigenvalue weighted by Gasteiger charge is -2.12. The molecule has 9 heteroatoms. The van der Waals surface area contributed by atoms with Crippen LogP contribution in [0.5, 0.6) is 5.75 Å². The van der Waals surface area contributed by atoms with E-state index in [0.717, 1.165) is 42.1 Å². The minimum absolute atomic E-state index is 0.268. The number of carbonyl (C=O) groups is 1. The van der Waals surface area contributed by atoms with E-state index in [2.05, 4.69) is 105 Å². The van der Waals surface area contributed by atoms with E-state index in [1.165, 1.54) is 0 Å². The highest BCUT2D eigenvalue weighted by Gasteiger charge is 2.24. The molecule has 0 aromatic heterocycles. The number of ether oxygens (including phenoxy) is 2. The van der Waals surface area contributed by atoms with Crippen molar-refractivity contribution < 1.29 is 14.3 Å². The third-order valence-electron chi connectivity index (χ3n) is 4.38. The van der Waals surface area contributed by atoms with Crippen molar-refractivity contribution in [2.45, 2.75) is 6.61 Å². The first kappa shape index (κ1) is 24.6. The third kappa shape index (κ3) is 5.94. The van der Waals surface area contributed by atoms with Crippen LogP contribution in [0.4, 0.5) is 0 Å². The van der Waals surface area contributed by atoms with Gasteiger partial charge in [0.05, 0.1) is 7.14 Å². The van der Waals surface area contributed by atoms with Crippen LogP contribution >= 0.6 is 99.6 Å². The van der Waals surface area contributed by atoms with Gasteiger partial charge in [0.2, 0.25) is 5.90 Å². The number of aliphatic imine (C=N–C) groups is 1. The molecular weight excluding hydrogens is 879 g/mol. The molecule has 0 atom stereocenters. The Morgan fingerprint density at radius 1 is 0.969 bits per heavy atom. The molecule has 0 aliphatic carbocycles. The van der Waals surface area contributed by atoms with Crippen LogP contribution in [0.3, 0.4) is 0 Å².